The van der Waals surface area contributed by atoms with Crippen molar-refractivity contribution in [2.75, 3.05) is 12.5 Å². The zero-order valence-electron chi connectivity index (χ0n) is 15.5. The summed E-state index contributed by atoms with van der Waals surface area (Å²) >= 11 is 0. The second-order valence-electron chi connectivity index (χ2n) is 6.60. The molecule has 1 fully saturated rings. The van der Waals surface area contributed by atoms with Gasteiger partial charge < -0.3 is 10.1 Å². The minimum atomic E-state index is -2.88. The Morgan fingerprint density at radius 3 is 2.46 bits per heavy atom. The molecule has 1 aromatic carbocycles. The monoisotopic (exact) mass is 393 g/mol. The summed E-state index contributed by atoms with van der Waals surface area (Å²) in [7, 11) is 3.00. The van der Waals surface area contributed by atoms with Crippen LogP contribution in [-0.2, 0) is 11.8 Å². The molecule has 3 N–H and O–H groups in total. The van der Waals surface area contributed by atoms with Crippen LogP contribution < -0.4 is 20.9 Å². The number of aromatic nitrogens is 2. The van der Waals surface area contributed by atoms with Gasteiger partial charge in [0, 0.05) is 13.2 Å². The second kappa shape index (κ2) is 7.83. The summed E-state index contributed by atoms with van der Waals surface area (Å²) in [6, 6.07) is 6.89. The summed E-state index contributed by atoms with van der Waals surface area (Å²) in [5.41, 5.74) is 3.98. The molecule has 1 aromatic heterocycles. The van der Waals surface area contributed by atoms with E-state index >= 15 is 0 Å². The maximum Gasteiger partial charge on any atom is 0.282 e. The maximum absolute atomic E-state index is 13.1. The van der Waals surface area contributed by atoms with Crippen LogP contribution in [-0.4, -0.2) is 34.2 Å². The first-order valence-electron chi connectivity index (χ1n) is 8.69. The van der Waals surface area contributed by atoms with Gasteiger partial charge in [0.25, 0.3) is 18.2 Å². The third-order valence-corrected chi connectivity index (χ3v) is 4.71. The van der Waals surface area contributed by atoms with Crippen molar-refractivity contribution in [3.05, 3.63) is 41.7 Å². The quantitative estimate of drug-likeness (QED) is 0.627. The Morgan fingerprint density at radius 1 is 1.25 bits per heavy atom. The van der Waals surface area contributed by atoms with E-state index in [1.54, 1.807) is 31.4 Å². The van der Waals surface area contributed by atoms with E-state index in [0.717, 1.165) is 11.1 Å². The summed E-state index contributed by atoms with van der Waals surface area (Å²) in [5, 5.41) is 6.23. The van der Waals surface area contributed by atoms with Crippen LogP contribution in [0.3, 0.4) is 0 Å². The number of carbonyl (C=O) groups is 2. The minimum absolute atomic E-state index is 0.236. The predicted octanol–water partition coefficient (Wildman–Crippen LogP) is 2.16. The zero-order valence-corrected chi connectivity index (χ0v) is 15.5. The van der Waals surface area contributed by atoms with Crippen LogP contribution in [0.1, 0.15) is 41.7 Å². The number of halogens is 2. The Bertz CT molecular complexity index is 863. The molecule has 0 radical (unpaired) electrons. The number of nitrogens with zero attached hydrogens (tertiary/aromatic N) is 2. The van der Waals surface area contributed by atoms with Gasteiger partial charge in [-0.05, 0) is 43.5 Å². The third-order valence-electron chi connectivity index (χ3n) is 4.71. The normalized spacial score (nSPS) is 14.9. The van der Waals surface area contributed by atoms with Crippen LogP contribution in [0.2, 0.25) is 0 Å². The molecule has 0 aliphatic heterocycles. The van der Waals surface area contributed by atoms with Gasteiger partial charge in [0.1, 0.15) is 17.0 Å². The van der Waals surface area contributed by atoms with Crippen molar-refractivity contribution in [1.82, 2.24) is 20.5 Å². The number of methoxy groups -OCH3 is 1. The number of hydrogen-bond acceptors (Lipinski definition) is 5. The highest BCUT2D eigenvalue weighted by Crippen LogP contribution is 2.33. The fourth-order valence-corrected chi connectivity index (χ4v) is 2.99. The van der Waals surface area contributed by atoms with Gasteiger partial charge in [0.15, 0.2) is 0 Å². The van der Waals surface area contributed by atoms with Crippen LogP contribution >= 0.6 is 0 Å². The standard InChI is InChI=1S/C18H21F2N5O3/c1-25-10-13(14(24-25)15(19)20)16(26)21-18(8-3-9-18)17(27)23-22-11-4-6-12(28-2)7-5-11/h4-7,10,15,22H,3,8-9H2,1-2H3,(H,21,26)(H,23,27). The molecule has 3 rings (SSSR count). The van der Waals surface area contributed by atoms with Crippen molar-refractivity contribution in [2.24, 2.45) is 7.05 Å². The van der Waals surface area contributed by atoms with E-state index in [1.807, 2.05) is 0 Å². The number of carbonyl (C=O) groups excluding carboxylic acids is 2. The first kappa shape index (κ1) is 19.6. The number of hydrazine groups is 1. The van der Waals surface area contributed by atoms with Gasteiger partial charge in [0.2, 0.25) is 0 Å². The Labute approximate surface area is 160 Å². The van der Waals surface area contributed by atoms with E-state index in [0.29, 0.717) is 24.3 Å². The molecule has 1 aliphatic carbocycles. The van der Waals surface area contributed by atoms with E-state index in [2.05, 4.69) is 21.3 Å². The van der Waals surface area contributed by atoms with Crippen molar-refractivity contribution in [3.63, 3.8) is 0 Å². The summed E-state index contributed by atoms with van der Waals surface area (Å²) in [6.45, 7) is 0. The Hall–Kier alpha value is -3.17. The number of benzene rings is 1. The highest BCUT2D eigenvalue weighted by atomic mass is 19.3. The lowest BCUT2D eigenvalue weighted by atomic mass is 9.76. The lowest BCUT2D eigenvalue weighted by molar-refractivity contribution is -0.130. The van der Waals surface area contributed by atoms with Gasteiger partial charge in [-0.15, -0.1) is 0 Å². The third kappa shape index (κ3) is 3.90. The molecule has 1 aliphatic rings. The second-order valence-corrected chi connectivity index (χ2v) is 6.60. The Kier molecular flexibility index (Phi) is 5.48. The molecule has 1 heterocycles. The number of nitrogens with one attached hydrogen (secondary N) is 3. The van der Waals surface area contributed by atoms with Crippen LogP contribution in [0, 0.1) is 0 Å². The van der Waals surface area contributed by atoms with Crippen molar-refractivity contribution in [1.29, 1.82) is 0 Å². The molecule has 0 spiro atoms. The zero-order chi connectivity index (χ0) is 20.3. The number of rotatable bonds is 7. The molecule has 2 aromatic rings. The highest BCUT2D eigenvalue weighted by molar-refractivity contribution is 6.00. The van der Waals surface area contributed by atoms with Gasteiger partial charge in [-0.2, -0.15) is 5.10 Å². The van der Waals surface area contributed by atoms with Crippen LogP contribution in [0.4, 0.5) is 14.5 Å². The molecular weight excluding hydrogens is 372 g/mol. The number of alkyl halides is 2. The molecule has 0 bridgehead atoms. The van der Waals surface area contributed by atoms with Crippen molar-refractivity contribution < 1.29 is 23.1 Å². The number of ether oxygens (including phenoxy) is 1. The van der Waals surface area contributed by atoms with Gasteiger partial charge in [-0.1, -0.05) is 0 Å². The fourth-order valence-electron chi connectivity index (χ4n) is 2.99. The van der Waals surface area contributed by atoms with Crippen molar-refractivity contribution >= 4 is 17.5 Å². The number of amides is 2. The van der Waals surface area contributed by atoms with Crippen LogP contribution in [0.15, 0.2) is 30.5 Å². The summed E-state index contributed by atoms with van der Waals surface area (Å²) < 4.78 is 32.4. The van der Waals surface area contributed by atoms with E-state index < -0.39 is 29.5 Å². The van der Waals surface area contributed by atoms with Gasteiger partial charge in [0.05, 0.1) is 18.4 Å². The molecular formula is C18H21F2N5O3. The SMILES string of the molecule is COc1ccc(NNC(=O)C2(NC(=O)c3cn(C)nc3C(F)F)CCC2)cc1. The maximum atomic E-state index is 13.1. The Morgan fingerprint density at radius 2 is 1.93 bits per heavy atom. The molecule has 150 valence electrons. The number of hydrogen-bond donors (Lipinski definition) is 3. The van der Waals surface area contributed by atoms with Crippen LogP contribution in [0.25, 0.3) is 0 Å². The summed E-state index contributed by atoms with van der Waals surface area (Å²) in [5.74, 6) is -0.515. The van der Waals surface area contributed by atoms with Crippen LogP contribution in [0.5, 0.6) is 5.75 Å². The highest BCUT2D eigenvalue weighted by Gasteiger charge is 2.46. The number of aryl methyl sites for hydroxylation is 1. The van der Waals surface area contributed by atoms with Crippen molar-refractivity contribution in [2.45, 2.75) is 31.2 Å². The molecule has 2 amide bonds. The molecule has 0 saturated heterocycles. The molecule has 0 unspecified atom stereocenters. The van der Waals surface area contributed by atoms with Gasteiger partial charge in [-0.25, -0.2) is 8.78 Å². The fraction of sp³-hybridized carbons (Fsp3) is 0.389. The first-order valence-corrected chi connectivity index (χ1v) is 8.69. The molecule has 8 nitrogen and oxygen atoms in total. The lowest BCUT2D eigenvalue weighted by Gasteiger charge is -2.40. The molecule has 1 saturated carbocycles. The molecule has 0 atom stereocenters. The first-order chi connectivity index (χ1) is 13.3. The largest absolute Gasteiger partial charge is 0.497 e. The molecule has 28 heavy (non-hydrogen) atoms. The van der Waals surface area contributed by atoms with E-state index in [-0.39, 0.29) is 5.56 Å². The summed E-state index contributed by atoms with van der Waals surface area (Å²) in [6.07, 6.45) is -0.0928. The van der Waals surface area contributed by atoms with Crippen molar-refractivity contribution in [3.8, 4) is 5.75 Å². The minimum Gasteiger partial charge on any atom is -0.497 e. The molecule has 10 heteroatoms. The van der Waals surface area contributed by atoms with E-state index in [4.69, 9.17) is 4.74 Å². The summed E-state index contributed by atoms with van der Waals surface area (Å²) in [4.78, 5) is 25.2. The van der Waals surface area contributed by atoms with E-state index in [1.165, 1.54) is 13.2 Å². The predicted molar refractivity (Wildman–Crippen MR) is 97.0 cm³/mol. The lowest BCUT2D eigenvalue weighted by Crippen LogP contribution is -2.63. The average molecular weight is 393 g/mol. The smallest absolute Gasteiger partial charge is 0.282 e. The Balaban J connectivity index is 1.67. The van der Waals surface area contributed by atoms with Gasteiger partial charge in [-0.3, -0.25) is 25.1 Å². The topological polar surface area (TPSA) is 97.3 Å². The van der Waals surface area contributed by atoms with Gasteiger partial charge >= 0.3 is 0 Å². The average Bonchev–Trinajstić information content (AvgIpc) is 3.05. The van der Waals surface area contributed by atoms with E-state index in [9.17, 15) is 18.4 Å². The number of anilines is 1.